The molecule has 0 fully saturated rings. The van der Waals surface area contributed by atoms with Gasteiger partial charge in [0.15, 0.2) is 0 Å². The Bertz CT molecular complexity index is 793. The van der Waals surface area contributed by atoms with Crippen molar-refractivity contribution in [2.45, 2.75) is 41.5 Å². The Morgan fingerprint density at radius 2 is 0.720 bits per heavy atom. The lowest BCUT2D eigenvalue weighted by molar-refractivity contribution is 1.13. The van der Waals surface area contributed by atoms with Gasteiger partial charge in [0.2, 0.25) is 0 Å². The van der Waals surface area contributed by atoms with Gasteiger partial charge in [0.05, 0.1) is 22.6 Å². The molecule has 0 radical (unpaired) electrons. The summed E-state index contributed by atoms with van der Waals surface area (Å²) in [5.74, 6) is 1.34. The van der Waals surface area contributed by atoms with E-state index in [1.165, 1.54) is 56.0 Å². The molecule has 3 aromatic carbocycles. The molecule has 0 N–H and O–H groups in total. The Morgan fingerprint density at radius 3 is 0.960 bits per heavy atom. The van der Waals surface area contributed by atoms with Crippen molar-refractivity contribution in [3.05, 3.63) is 111 Å². The highest BCUT2D eigenvalue weighted by Crippen LogP contribution is 2.36. The van der Waals surface area contributed by atoms with Gasteiger partial charge in [-0.3, -0.25) is 0 Å². The molecule has 0 aliphatic heterocycles. The second kappa shape index (κ2) is 6.80. The van der Waals surface area contributed by atoms with Crippen LogP contribution in [0.15, 0.2) is 54.6 Å². The first-order chi connectivity index (χ1) is 11.9. The Kier molecular flexibility index (Phi) is 4.72. The maximum Gasteiger partial charge on any atom is 0.0639 e. The molecule has 0 bridgehead atoms. The Labute approximate surface area is 152 Å². The average Bonchev–Trinajstić information content (AvgIpc) is 2.52. The van der Waals surface area contributed by atoms with E-state index >= 15 is 0 Å². The van der Waals surface area contributed by atoms with Gasteiger partial charge in [-0.05, 0) is 113 Å². The van der Waals surface area contributed by atoms with Gasteiger partial charge in [-0.1, -0.05) is 0 Å². The lowest BCUT2D eigenvalue weighted by atomic mass is 9.79. The zero-order valence-electron chi connectivity index (χ0n) is 16.2. The third-order valence-corrected chi connectivity index (χ3v) is 4.95. The summed E-state index contributed by atoms with van der Waals surface area (Å²) in [5, 5.41) is 0. The Balaban J connectivity index is 2.27. The molecule has 3 aromatic rings. The number of hydrogen-bond acceptors (Lipinski definition) is 0. The molecule has 126 valence electrons. The minimum Gasteiger partial charge on any atom is -0.0398 e. The predicted octanol–water partition coefficient (Wildman–Crippen LogP) is 6.56. The van der Waals surface area contributed by atoms with Crippen molar-refractivity contribution >= 4 is 0 Å². The molecule has 0 heteroatoms. The van der Waals surface area contributed by atoms with Crippen molar-refractivity contribution in [1.29, 1.82) is 0 Å². The molecule has 0 atom stereocenters. The average molecular weight is 327 g/mol. The second-order valence-corrected chi connectivity index (χ2v) is 7.33. The minimum atomic E-state index is 1.31. The van der Waals surface area contributed by atoms with Gasteiger partial charge >= 0.3 is 0 Å². The maximum absolute atomic E-state index is 2.28. The first-order valence-electron chi connectivity index (χ1n) is 8.96. The van der Waals surface area contributed by atoms with E-state index in [9.17, 15) is 0 Å². The van der Waals surface area contributed by atoms with Gasteiger partial charge in [0.1, 0.15) is 0 Å². The van der Waals surface area contributed by atoms with Crippen LogP contribution in [-0.2, 0) is 0 Å². The molecule has 0 aromatic heterocycles. The maximum atomic E-state index is 2.28. The number of hydrogen-bond donors (Lipinski definition) is 0. The van der Waals surface area contributed by atoms with Crippen LogP contribution >= 0.6 is 0 Å². The monoisotopic (exact) mass is 327 g/mol. The zero-order chi connectivity index (χ0) is 18.1. The molecule has 25 heavy (non-hydrogen) atoms. The molecule has 0 nitrogen and oxygen atoms in total. The van der Waals surface area contributed by atoms with E-state index in [4.69, 9.17) is 0 Å². The van der Waals surface area contributed by atoms with Crippen molar-refractivity contribution in [2.75, 3.05) is 0 Å². The van der Waals surface area contributed by atoms with E-state index in [1.807, 2.05) is 0 Å². The summed E-state index contributed by atoms with van der Waals surface area (Å²) in [6, 6.07) is 20.3. The SMILES string of the molecule is Cc1ccc([C+](c2ccc(C)cc2C)c2ccc(C)cc2C)c(C)c1. The van der Waals surface area contributed by atoms with Crippen LogP contribution in [-0.4, -0.2) is 0 Å². The lowest BCUT2D eigenvalue weighted by Gasteiger charge is -2.19. The van der Waals surface area contributed by atoms with Crippen LogP contribution in [0.3, 0.4) is 0 Å². The van der Waals surface area contributed by atoms with Gasteiger partial charge in [0.25, 0.3) is 0 Å². The van der Waals surface area contributed by atoms with Crippen LogP contribution < -0.4 is 0 Å². The molecule has 0 saturated heterocycles. The van der Waals surface area contributed by atoms with Crippen LogP contribution in [0.1, 0.15) is 50.1 Å². The van der Waals surface area contributed by atoms with Gasteiger partial charge in [-0.15, -0.1) is 0 Å². The summed E-state index contributed by atoms with van der Waals surface area (Å²) in [6.45, 7) is 13.1. The smallest absolute Gasteiger partial charge is 0.0398 e. The van der Waals surface area contributed by atoms with E-state index in [1.54, 1.807) is 0 Å². The highest BCUT2D eigenvalue weighted by atomic mass is 14.3. The van der Waals surface area contributed by atoms with Gasteiger partial charge in [-0.25, -0.2) is 0 Å². The second-order valence-electron chi connectivity index (χ2n) is 7.33. The predicted molar refractivity (Wildman–Crippen MR) is 108 cm³/mol. The Hall–Kier alpha value is -2.47. The largest absolute Gasteiger partial charge is 0.0639 e. The molecule has 0 spiro atoms. The molecule has 3 rings (SSSR count). The molecule has 0 heterocycles. The quantitative estimate of drug-likeness (QED) is 0.377. The van der Waals surface area contributed by atoms with Crippen LogP contribution in [0.4, 0.5) is 0 Å². The summed E-state index contributed by atoms with van der Waals surface area (Å²) in [7, 11) is 0. The summed E-state index contributed by atoms with van der Waals surface area (Å²) < 4.78 is 0. The van der Waals surface area contributed by atoms with Crippen molar-refractivity contribution in [1.82, 2.24) is 0 Å². The number of rotatable bonds is 3. The molecule has 0 aliphatic rings. The highest BCUT2D eigenvalue weighted by molar-refractivity contribution is 5.63. The van der Waals surface area contributed by atoms with E-state index in [0.29, 0.717) is 0 Å². The van der Waals surface area contributed by atoms with Crippen molar-refractivity contribution < 1.29 is 0 Å². The van der Waals surface area contributed by atoms with Crippen LogP contribution in [0.5, 0.6) is 0 Å². The summed E-state index contributed by atoms with van der Waals surface area (Å²) in [6.07, 6.45) is 0. The first kappa shape index (κ1) is 17.4. The van der Waals surface area contributed by atoms with Gasteiger partial charge < -0.3 is 0 Å². The fourth-order valence-electron chi connectivity index (χ4n) is 3.72. The standard InChI is InChI=1S/C25H27/c1-16-7-10-22(19(4)13-16)25(23-11-8-17(2)14-20(23)5)24-12-9-18(3)15-21(24)6/h7-15H,1-6H3/q+1. The lowest BCUT2D eigenvalue weighted by Crippen LogP contribution is -2.10. The topological polar surface area (TPSA) is 0 Å². The van der Waals surface area contributed by atoms with Gasteiger partial charge in [0, 0.05) is 16.7 Å². The molecule has 0 saturated carbocycles. The highest BCUT2D eigenvalue weighted by Gasteiger charge is 2.27. The summed E-state index contributed by atoms with van der Waals surface area (Å²) in [5.41, 5.74) is 11.9. The van der Waals surface area contributed by atoms with E-state index in [0.717, 1.165) is 0 Å². The van der Waals surface area contributed by atoms with E-state index in [2.05, 4.69) is 96.1 Å². The van der Waals surface area contributed by atoms with Crippen molar-refractivity contribution in [2.24, 2.45) is 0 Å². The summed E-state index contributed by atoms with van der Waals surface area (Å²) >= 11 is 0. The molecule has 0 aliphatic carbocycles. The van der Waals surface area contributed by atoms with Crippen molar-refractivity contribution in [3.63, 3.8) is 0 Å². The van der Waals surface area contributed by atoms with Gasteiger partial charge in [-0.2, -0.15) is 0 Å². The third kappa shape index (κ3) is 3.49. The minimum absolute atomic E-state index is 1.31. The summed E-state index contributed by atoms with van der Waals surface area (Å²) in [4.78, 5) is 0. The van der Waals surface area contributed by atoms with Crippen LogP contribution in [0.2, 0.25) is 0 Å². The number of benzene rings is 3. The zero-order valence-corrected chi connectivity index (χ0v) is 16.2. The number of aryl methyl sites for hydroxylation is 6. The normalized spacial score (nSPS) is 10.8. The molecular formula is C25H27+. The molecule has 0 unspecified atom stereocenters. The fraction of sp³-hybridized carbons (Fsp3) is 0.240. The van der Waals surface area contributed by atoms with E-state index < -0.39 is 0 Å². The van der Waals surface area contributed by atoms with Crippen LogP contribution in [0, 0.1) is 47.5 Å². The van der Waals surface area contributed by atoms with Crippen molar-refractivity contribution in [3.8, 4) is 0 Å². The van der Waals surface area contributed by atoms with E-state index in [-0.39, 0.29) is 0 Å². The third-order valence-electron chi connectivity index (χ3n) is 4.95. The molecule has 0 amide bonds. The molecular weight excluding hydrogens is 300 g/mol. The fourth-order valence-corrected chi connectivity index (χ4v) is 3.72. The first-order valence-corrected chi connectivity index (χ1v) is 8.96. The van der Waals surface area contributed by atoms with Crippen LogP contribution in [0.25, 0.3) is 0 Å². The Morgan fingerprint density at radius 1 is 0.440 bits per heavy atom.